The third kappa shape index (κ3) is 2.90. The van der Waals surface area contributed by atoms with Crippen LogP contribution in [0.4, 0.5) is 0 Å². The molecule has 1 N–H and O–H groups in total. The Morgan fingerprint density at radius 1 is 1.09 bits per heavy atom. The zero-order valence-corrected chi connectivity index (χ0v) is 13.9. The lowest BCUT2D eigenvalue weighted by molar-refractivity contribution is 0.0925. The van der Waals surface area contributed by atoms with Gasteiger partial charge in [0.2, 0.25) is 0 Å². The molecule has 2 aromatic rings. The Morgan fingerprint density at radius 3 is 2.45 bits per heavy atom. The van der Waals surface area contributed by atoms with Gasteiger partial charge in [0.25, 0.3) is 5.91 Å². The van der Waals surface area contributed by atoms with Crippen LogP contribution in [0.5, 0.6) is 0 Å². The van der Waals surface area contributed by atoms with Crippen LogP contribution in [-0.4, -0.2) is 16.5 Å². The lowest BCUT2D eigenvalue weighted by Gasteiger charge is -2.16. The number of carbonyl (C=O) groups is 1. The molecule has 0 spiro atoms. The molecular weight excluding hydrogens is 272 g/mol. The topological polar surface area (TPSA) is 34.0 Å². The summed E-state index contributed by atoms with van der Waals surface area (Å²) >= 11 is 0. The highest BCUT2D eigenvalue weighted by Gasteiger charge is 2.19. The summed E-state index contributed by atoms with van der Waals surface area (Å²) in [7, 11) is 1.99. The Bertz CT molecular complexity index is 691. The number of fused-ring (bicyclic) bond motifs is 1. The van der Waals surface area contributed by atoms with Crippen molar-refractivity contribution in [3.8, 4) is 0 Å². The molecule has 0 unspecified atom stereocenters. The lowest BCUT2D eigenvalue weighted by Crippen LogP contribution is -2.35. The molecule has 1 amide bonds. The van der Waals surface area contributed by atoms with E-state index in [0.29, 0.717) is 6.04 Å². The van der Waals surface area contributed by atoms with Crippen LogP contribution in [0.25, 0.3) is 10.9 Å². The number of rotatable bonds is 2. The molecule has 1 aliphatic rings. The van der Waals surface area contributed by atoms with Gasteiger partial charge in [0.05, 0.1) is 0 Å². The van der Waals surface area contributed by atoms with Crippen molar-refractivity contribution in [1.29, 1.82) is 0 Å². The van der Waals surface area contributed by atoms with Crippen molar-refractivity contribution in [2.24, 2.45) is 7.05 Å². The van der Waals surface area contributed by atoms with Crippen LogP contribution in [-0.2, 0) is 7.05 Å². The van der Waals surface area contributed by atoms with Crippen LogP contribution in [0.2, 0.25) is 0 Å². The zero-order valence-electron chi connectivity index (χ0n) is 13.9. The molecule has 0 aliphatic heterocycles. The number of nitrogens with zero attached hydrogens (tertiary/aromatic N) is 1. The second-order valence-electron chi connectivity index (χ2n) is 6.77. The molecule has 1 saturated carbocycles. The van der Waals surface area contributed by atoms with Gasteiger partial charge in [0, 0.05) is 24.0 Å². The predicted octanol–water partition coefficient (Wildman–Crippen LogP) is 4.25. The van der Waals surface area contributed by atoms with E-state index in [9.17, 15) is 4.79 Å². The molecule has 3 nitrogen and oxygen atoms in total. The minimum absolute atomic E-state index is 0.0719. The van der Waals surface area contributed by atoms with Crippen molar-refractivity contribution in [2.75, 3.05) is 0 Å². The van der Waals surface area contributed by atoms with Gasteiger partial charge in [-0.1, -0.05) is 31.7 Å². The summed E-state index contributed by atoms with van der Waals surface area (Å²) < 4.78 is 2.03. The van der Waals surface area contributed by atoms with E-state index in [1.807, 2.05) is 17.7 Å². The normalized spacial score (nSPS) is 16.7. The van der Waals surface area contributed by atoms with E-state index in [1.54, 1.807) is 0 Å². The van der Waals surface area contributed by atoms with Crippen molar-refractivity contribution in [3.05, 3.63) is 35.0 Å². The molecule has 118 valence electrons. The van der Waals surface area contributed by atoms with Crippen LogP contribution < -0.4 is 5.32 Å². The molecule has 1 aromatic heterocycles. The predicted molar refractivity (Wildman–Crippen MR) is 91.3 cm³/mol. The van der Waals surface area contributed by atoms with E-state index >= 15 is 0 Å². The fourth-order valence-electron chi connectivity index (χ4n) is 3.69. The summed E-state index contributed by atoms with van der Waals surface area (Å²) in [5.74, 6) is 0.0719. The molecule has 22 heavy (non-hydrogen) atoms. The van der Waals surface area contributed by atoms with Crippen LogP contribution >= 0.6 is 0 Å². The van der Waals surface area contributed by atoms with E-state index < -0.39 is 0 Å². The Balaban J connectivity index is 1.87. The van der Waals surface area contributed by atoms with E-state index in [-0.39, 0.29) is 5.91 Å². The summed E-state index contributed by atoms with van der Waals surface area (Å²) in [6.45, 7) is 4.22. The molecule has 1 heterocycles. The number of hydrogen-bond acceptors (Lipinski definition) is 1. The number of nitrogens with one attached hydrogen (secondary N) is 1. The van der Waals surface area contributed by atoms with Crippen molar-refractivity contribution in [2.45, 2.75) is 58.4 Å². The number of amides is 1. The first-order valence-corrected chi connectivity index (χ1v) is 8.44. The zero-order chi connectivity index (χ0) is 15.7. The maximum atomic E-state index is 12.7. The van der Waals surface area contributed by atoms with E-state index in [2.05, 4.69) is 31.3 Å². The average molecular weight is 298 g/mol. The van der Waals surface area contributed by atoms with Gasteiger partial charge in [-0.2, -0.15) is 0 Å². The van der Waals surface area contributed by atoms with Gasteiger partial charge in [0.15, 0.2) is 0 Å². The molecule has 1 fully saturated rings. The molecule has 0 saturated heterocycles. The molecule has 1 aliphatic carbocycles. The second kappa shape index (κ2) is 6.15. The van der Waals surface area contributed by atoms with Crippen LogP contribution in [0, 0.1) is 13.8 Å². The summed E-state index contributed by atoms with van der Waals surface area (Å²) in [5.41, 5.74) is 4.39. The Hall–Kier alpha value is -1.77. The van der Waals surface area contributed by atoms with Crippen LogP contribution in [0.1, 0.15) is 60.1 Å². The van der Waals surface area contributed by atoms with Crippen LogP contribution in [0.3, 0.4) is 0 Å². The number of benzene rings is 1. The monoisotopic (exact) mass is 298 g/mol. The largest absolute Gasteiger partial charge is 0.348 e. The number of hydrogen-bond donors (Lipinski definition) is 1. The van der Waals surface area contributed by atoms with E-state index in [4.69, 9.17) is 0 Å². The van der Waals surface area contributed by atoms with Crippen molar-refractivity contribution >= 4 is 16.8 Å². The van der Waals surface area contributed by atoms with Gasteiger partial charge in [-0.15, -0.1) is 0 Å². The highest BCUT2D eigenvalue weighted by atomic mass is 16.2. The molecule has 0 atom stereocenters. The maximum absolute atomic E-state index is 12.7. The molecule has 3 rings (SSSR count). The first kappa shape index (κ1) is 15.1. The summed E-state index contributed by atoms with van der Waals surface area (Å²) in [6.07, 6.45) is 7.32. The van der Waals surface area contributed by atoms with Gasteiger partial charge in [-0.25, -0.2) is 0 Å². The lowest BCUT2D eigenvalue weighted by atomic mass is 10.1. The van der Waals surface area contributed by atoms with Gasteiger partial charge in [-0.3, -0.25) is 4.79 Å². The minimum Gasteiger partial charge on any atom is -0.348 e. The van der Waals surface area contributed by atoms with Crippen molar-refractivity contribution in [3.63, 3.8) is 0 Å². The standard InChI is InChI=1S/C19H26N2O/c1-13-10-14(2)16-12-18(21(3)17(16)11-13)19(22)20-15-8-6-4-5-7-9-15/h10-12,15H,4-9H2,1-3H3,(H,20,22). The minimum atomic E-state index is 0.0719. The van der Waals surface area contributed by atoms with Crippen LogP contribution in [0.15, 0.2) is 18.2 Å². The number of aryl methyl sites for hydroxylation is 3. The quantitative estimate of drug-likeness (QED) is 0.826. The first-order chi connectivity index (χ1) is 10.6. The number of carbonyl (C=O) groups excluding carboxylic acids is 1. The molecule has 3 heteroatoms. The highest BCUT2D eigenvalue weighted by molar-refractivity contribution is 5.99. The average Bonchev–Trinajstić information content (AvgIpc) is 2.65. The fourth-order valence-corrected chi connectivity index (χ4v) is 3.69. The third-order valence-electron chi connectivity index (χ3n) is 4.94. The van der Waals surface area contributed by atoms with E-state index in [0.717, 1.165) is 24.1 Å². The molecule has 0 bridgehead atoms. The fraction of sp³-hybridized carbons (Fsp3) is 0.526. The van der Waals surface area contributed by atoms with Gasteiger partial charge >= 0.3 is 0 Å². The van der Waals surface area contributed by atoms with Crippen molar-refractivity contribution < 1.29 is 4.79 Å². The van der Waals surface area contributed by atoms with Crippen molar-refractivity contribution in [1.82, 2.24) is 9.88 Å². The Labute approximate surface area is 132 Å². The molecule has 0 radical (unpaired) electrons. The first-order valence-electron chi connectivity index (χ1n) is 8.44. The second-order valence-corrected chi connectivity index (χ2v) is 6.77. The van der Waals surface area contributed by atoms with Gasteiger partial charge < -0.3 is 9.88 Å². The van der Waals surface area contributed by atoms with Gasteiger partial charge in [-0.05, 0) is 49.9 Å². The Morgan fingerprint density at radius 2 is 1.77 bits per heavy atom. The summed E-state index contributed by atoms with van der Waals surface area (Å²) in [4.78, 5) is 12.7. The highest BCUT2D eigenvalue weighted by Crippen LogP contribution is 2.24. The summed E-state index contributed by atoms with van der Waals surface area (Å²) in [6, 6.07) is 6.71. The molecular formula is C19H26N2O. The summed E-state index contributed by atoms with van der Waals surface area (Å²) in [5, 5.41) is 4.43. The third-order valence-corrected chi connectivity index (χ3v) is 4.94. The SMILES string of the molecule is Cc1cc(C)c2cc(C(=O)NC3CCCCCC3)n(C)c2c1. The van der Waals surface area contributed by atoms with E-state index in [1.165, 1.54) is 42.2 Å². The van der Waals surface area contributed by atoms with Gasteiger partial charge in [0.1, 0.15) is 5.69 Å². The Kier molecular flexibility index (Phi) is 4.23. The maximum Gasteiger partial charge on any atom is 0.268 e. The smallest absolute Gasteiger partial charge is 0.268 e. The molecule has 1 aromatic carbocycles. The number of aromatic nitrogens is 1.